The molecule has 0 aliphatic carbocycles. The van der Waals surface area contributed by atoms with Gasteiger partial charge in [0.1, 0.15) is 17.9 Å². The van der Waals surface area contributed by atoms with Crippen molar-refractivity contribution in [2.75, 3.05) is 14.2 Å². The summed E-state index contributed by atoms with van der Waals surface area (Å²) >= 11 is 0. The van der Waals surface area contributed by atoms with Gasteiger partial charge in [-0.2, -0.15) is 0 Å². The van der Waals surface area contributed by atoms with Gasteiger partial charge in [-0.05, 0) is 17.5 Å². The Hall–Kier alpha value is -1.42. The molecule has 0 saturated carbocycles. The van der Waals surface area contributed by atoms with Crippen molar-refractivity contribution in [3.63, 3.8) is 0 Å². The van der Waals surface area contributed by atoms with Gasteiger partial charge in [-0.3, -0.25) is 0 Å². The predicted octanol–water partition coefficient (Wildman–Crippen LogP) is 2.67. The average Bonchev–Trinajstić information content (AvgIpc) is 2.31. The maximum atomic E-state index is 13.8. The number of aldehydes is 1. The Morgan fingerprint density at radius 3 is 2.65 bits per heavy atom. The molecule has 1 aromatic carbocycles. The van der Waals surface area contributed by atoms with Gasteiger partial charge in [-0.25, -0.2) is 4.39 Å². The van der Waals surface area contributed by atoms with Gasteiger partial charge in [-0.1, -0.05) is 6.92 Å². The lowest BCUT2D eigenvalue weighted by atomic mass is 9.95. The molecular formula is C13H17FO3. The first-order valence-corrected chi connectivity index (χ1v) is 5.42. The molecule has 1 unspecified atom stereocenters. The average molecular weight is 240 g/mol. The predicted molar refractivity (Wildman–Crippen MR) is 62.8 cm³/mol. The number of carbonyl (C=O) groups excluding carboxylic acids is 1. The molecular weight excluding hydrogens is 223 g/mol. The van der Waals surface area contributed by atoms with Crippen molar-refractivity contribution < 1.29 is 18.7 Å². The number of hydrogen-bond acceptors (Lipinski definition) is 3. The summed E-state index contributed by atoms with van der Waals surface area (Å²) in [5.41, 5.74) is 1.30. The zero-order valence-corrected chi connectivity index (χ0v) is 10.3. The minimum Gasteiger partial charge on any atom is -0.496 e. The van der Waals surface area contributed by atoms with Crippen LogP contribution in [0, 0.1) is 5.82 Å². The van der Waals surface area contributed by atoms with Crippen LogP contribution in [0.1, 0.15) is 30.4 Å². The highest BCUT2D eigenvalue weighted by Gasteiger charge is 2.15. The van der Waals surface area contributed by atoms with Crippen LogP contribution >= 0.6 is 0 Å². The van der Waals surface area contributed by atoms with Crippen LogP contribution in [0.2, 0.25) is 0 Å². The summed E-state index contributed by atoms with van der Waals surface area (Å²) in [4.78, 5) is 10.5. The van der Waals surface area contributed by atoms with E-state index in [-0.39, 0.29) is 11.7 Å². The van der Waals surface area contributed by atoms with Crippen LogP contribution in [0.4, 0.5) is 4.39 Å². The Kier molecular flexibility index (Phi) is 5.10. The van der Waals surface area contributed by atoms with Crippen molar-refractivity contribution >= 4 is 6.29 Å². The number of methoxy groups -OCH3 is 2. The standard InChI is InChI=1S/C13H17FO3/c1-9(4-5-15)11-6-10(8-16-2)13(17-3)7-12(11)14/h5-7,9H,4,8H2,1-3H3. The van der Waals surface area contributed by atoms with Crippen molar-refractivity contribution in [1.29, 1.82) is 0 Å². The lowest BCUT2D eigenvalue weighted by Gasteiger charge is -2.14. The summed E-state index contributed by atoms with van der Waals surface area (Å²) in [6.45, 7) is 2.17. The molecule has 94 valence electrons. The molecule has 0 amide bonds. The van der Waals surface area contributed by atoms with Crippen LogP contribution in [0.3, 0.4) is 0 Å². The van der Waals surface area contributed by atoms with E-state index in [1.807, 2.05) is 6.92 Å². The molecule has 1 atom stereocenters. The van der Waals surface area contributed by atoms with Gasteiger partial charge in [0.25, 0.3) is 0 Å². The third-order valence-corrected chi connectivity index (χ3v) is 2.68. The lowest BCUT2D eigenvalue weighted by Crippen LogP contribution is -2.03. The normalized spacial score (nSPS) is 12.2. The van der Waals surface area contributed by atoms with Crippen LogP contribution < -0.4 is 4.74 Å². The van der Waals surface area contributed by atoms with E-state index in [9.17, 15) is 9.18 Å². The molecule has 0 N–H and O–H groups in total. The van der Waals surface area contributed by atoms with Crippen molar-refractivity contribution in [2.24, 2.45) is 0 Å². The minimum atomic E-state index is -0.351. The minimum absolute atomic E-state index is 0.144. The summed E-state index contributed by atoms with van der Waals surface area (Å²) in [7, 11) is 3.06. The number of benzene rings is 1. The second-order valence-electron chi connectivity index (χ2n) is 3.92. The quantitative estimate of drug-likeness (QED) is 0.717. The van der Waals surface area contributed by atoms with E-state index in [0.717, 1.165) is 11.8 Å². The molecule has 0 aliphatic heterocycles. The van der Waals surface area contributed by atoms with E-state index in [4.69, 9.17) is 9.47 Å². The molecule has 1 aromatic rings. The SMILES string of the molecule is COCc1cc(C(C)CC=O)c(F)cc1OC. The smallest absolute Gasteiger partial charge is 0.130 e. The van der Waals surface area contributed by atoms with Gasteiger partial charge in [0.15, 0.2) is 0 Å². The Labute approximate surface area is 101 Å². The van der Waals surface area contributed by atoms with Crippen molar-refractivity contribution in [3.8, 4) is 5.75 Å². The van der Waals surface area contributed by atoms with Crippen molar-refractivity contribution in [3.05, 3.63) is 29.1 Å². The first-order chi connectivity index (χ1) is 8.13. The lowest BCUT2D eigenvalue weighted by molar-refractivity contribution is -0.108. The Morgan fingerprint density at radius 2 is 2.12 bits per heavy atom. The second kappa shape index (κ2) is 6.35. The van der Waals surface area contributed by atoms with Gasteiger partial charge in [-0.15, -0.1) is 0 Å². The summed E-state index contributed by atoms with van der Waals surface area (Å²) in [5, 5.41) is 0. The van der Waals surface area contributed by atoms with Gasteiger partial charge < -0.3 is 14.3 Å². The molecule has 0 spiro atoms. The number of halogens is 1. The topological polar surface area (TPSA) is 35.5 Å². The molecule has 4 heteroatoms. The van der Waals surface area contributed by atoms with E-state index in [1.54, 1.807) is 13.2 Å². The fourth-order valence-corrected chi connectivity index (χ4v) is 1.73. The maximum absolute atomic E-state index is 13.8. The Balaban J connectivity index is 3.13. The van der Waals surface area contributed by atoms with E-state index >= 15 is 0 Å². The summed E-state index contributed by atoms with van der Waals surface area (Å²) < 4.78 is 23.9. The van der Waals surface area contributed by atoms with Gasteiger partial charge in [0, 0.05) is 25.2 Å². The summed E-state index contributed by atoms with van der Waals surface area (Å²) in [6, 6.07) is 3.04. The summed E-state index contributed by atoms with van der Waals surface area (Å²) in [5.74, 6) is -0.0310. The van der Waals surface area contributed by atoms with Crippen molar-refractivity contribution in [2.45, 2.75) is 25.9 Å². The number of hydrogen-bond donors (Lipinski definition) is 0. The molecule has 17 heavy (non-hydrogen) atoms. The van der Waals surface area contributed by atoms with Gasteiger partial charge in [0.05, 0.1) is 13.7 Å². The van der Waals surface area contributed by atoms with Crippen LogP contribution in [0.15, 0.2) is 12.1 Å². The third kappa shape index (κ3) is 3.27. The van der Waals surface area contributed by atoms with Gasteiger partial charge in [0.2, 0.25) is 0 Å². The molecule has 0 heterocycles. The molecule has 1 rings (SSSR count). The largest absolute Gasteiger partial charge is 0.496 e. The number of carbonyl (C=O) groups is 1. The molecule has 3 nitrogen and oxygen atoms in total. The number of rotatable bonds is 6. The highest BCUT2D eigenvalue weighted by molar-refractivity contribution is 5.52. The zero-order chi connectivity index (χ0) is 12.8. The fraction of sp³-hybridized carbons (Fsp3) is 0.462. The van der Waals surface area contributed by atoms with Gasteiger partial charge >= 0.3 is 0 Å². The Morgan fingerprint density at radius 1 is 1.41 bits per heavy atom. The van der Waals surface area contributed by atoms with Crippen molar-refractivity contribution in [1.82, 2.24) is 0 Å². The van der Waals surface area contributed by atoms with E-state index in [1.165, 1.54) is 13.2 Å². The maximum Gasteiger partial charge on any atom is 0.130 e. The molecule has 0 radical (unpaired) electrons. The van der Waals surface area contributed by atoms with E-state index in [2.05, 4.69) is 0 Å². The molecule has 0 fully saturated rings. The molecule has 0 aromatic heterocycles. The second-order valence-corrected chi connectivity index (χ2v) is 3.92. The number of ether oxygens (including phenoxy) is 2. The molecule has 0 aliphatic rings. The Bertz CT molecular complexity index is 390. The van der Waals surface area contributed by atoms with Crippen LogP contribution in [-0.4, -0.2) is 20.5 Å². The van der Waals surface area contributed by atoms with Crippen LogP contribution in [-0.2, 0) is 16.1 Å². The fourth-order valence-electron chi connectivity index (χ4n) is 1.73. The molecule has 0 saturated heterocycles. The first kappa shape index (κ1) is 13.6. The van der Waals surface area contributed by atoms with Crippen LogP contribution in [0.5, 0.6) is 5.75 Å². The summed E-state index contributed by atoms with van der Waals surface area (Å²) in [6.07, 6.45) is 1.10. The monoisotopic (exact) mass is 240 g/mol. The zero-order valence-electron chi connectivity index (χ0n) is 10.3. The highest BCUT2D eigenvalue weighted by atomic mass is 19.1. The first-order valence-electron chi connectivity index (χ1n) is 5.42. The third-order valence-electron chi connectivity index (χ3n) is 2.68. The molecule has 0 bridgehead atoms. The van der Waals surface area contributed by atoms with Crippen LogP contribution in [0.25, 0.3) is 0 Å². The highest BCUT2D eigenvalue weighted by Crippen LogP contribution is 2.29. The van der Waals surface area contributed by atoms with E-state index < -0.39 is 0 Å². The van der Waals surface area contributed by atoms with E-state index in [0.29, 0.717) is 24.3 Å².